The highest BCUT2D eigenvalue weighted by Crippen LogP contribution is 2.31. The van der Waals surface area contributed by atoms with Crippen LogP contribution in [0.1, 0.15) is 48.2 Å². The Balaban J connectivity index is 1.98. The molecule has 5 nitrogen and oxygen atoms in total. The summed E-state index contributed by atoms with van der Waals surface area (Å²) in [5, 5.41) is 3.69. The Kier molecular flexibility index (Phi) is 6.89. The Hall–Kier alpha value is -1.60. The number of sulfonamides is 1. The first-order valence-electron chi connectivity index (χ1n) is 9.70. The molecule has 156 valence electrons. The minimum atomic E-state index is -3.64. The van der Waals surface area contributed by atoms with Gasteiger partial charge < -0.3 is 5.32 Å². The van der Waals surface area contributed by atoms with E-state index in [0.29, 0.717) is 30.2 Å². The van der Waals surface area contributed by atoms with Gasteiger partial charge in [-0.2, -0.15) is 4.31 Å². The number of benzene rings is 2. The normalized spacial score (nSPS) is 14.9. The average molecular weight is 455 g/mol. The van der Waals surface area contributed by atoms with Gasteiger partial charge in [-0.1, -0.05) is 43.1 Å². The highest BCUT2D eigenvalue weighted by atomic mass is 35.5. The minimum Gasteiger partial charge on any atom is -0.321 e. The lowest BCUT2D eigenvalue weighted by Gasteiger charge is -2.18. The van der Waals surface area contributed by atoms with Crippen molar-refractivity contribution in [3.63, 3.8) is 0 Å². The van der Waals surface area contributed by atoms with E-state index < -0.39 is 15.9 Å². The van der Waals surface area contributed by atoms with Crippen LogP contribution in [-0.4, -0.2) is 31.7 Å². The maximum absolute atomic E-state index is 13.0. The fourth-order valence-corrected chi connectivity index (χ4v) is 5.60. The summed E-state index contributed by atoms with van der Waals surface area (Å²) >= 11 is 12.6. The van der Waals surface area contributed by atoms with Crippen LogP contribution in [0.3, 0.4) is 0 Å². The molecule has 0 aliphatic carbocycles. The zero-order valence-electron chi connectivity index (χ0n) is 16.5. The Morgan fingerprint density at radius 3 is 2.31 bits per heavy atom. The van der Waals surface area contributed by atoms with E-state index in [9.17, 15) is 13.2 Å². The van der Waals surface area contributed by atoms with E-state index in [2.05, 4.69) is 5.32 Å². The van der Waals surface area contributed by atoms with E-state index >= 15 is 0 Å². The van der Waals surface area contributed by atoms with Crippen molar-refractivity contribution in [1.29, 1.82) is 0 Å². The molecule has 29 heavy (non-hydrogen) atoms. The number of halogens is 2. The lowest BCUT2D eigenvalue weighted by molar-refractivity contribution is 0.102. The van der Waals surface area contributed by atoms with Crippen LogP contribution in [-0.2, 0) is 22.9 Å². The third-order valence-corrected chi connectivity index (χ3v) is 7.78. The molecule has 1 aliphatic rings. The lowest BCUT2D eigenvalue weighted by atomic mass is 10.0. The summed E-state index contributed by atoms with van der Waals surface area (Å²) in [6.07, 6.45) is 3.05. The Morgan fingerprint density at radius 2 is 1.69 bits per heavy atom. The van der Waals surface area contributed by atoms with Crippen LogP contribution >= 0.6 is 23.2 Å². The summed E-state index contributed by atoms with van der Waals surface area (Å²) in [5.41, 5.74) is 2.58. The monoisotopic (exact) mass is 454 g/mol. The molecular formula is C21H24Cl2N2O3S. The quantitative estimate of drug-likeness (QED) is 0.655. The van der Waals surface area contributed by atoms with Gasteiger partial charge in [0.05, 0.1) is 15.5 Å². The first-order valence-corrected chi connectivity index (χ1v) is 11.9. The standard InChI is InChI=1S/C21H24Cl2N2O3S/c1-3-14-7-9-18(22)16(4-2)20(14)24-21(26)17-13-15(8-10-19(17)23)29(27,28)25-11-5-6-12-25/h7-10,13H,3-6,11-12H2,1-2H3,(H,24,26). The predicted octanol–water partition coefficient (Wildman–Crippen LogP) is 5.16. The molecule has 0 aromatic heterocycles. The van der Waals surface area contributed by atoms with E-state index in [1.807, 2.05) is 26.0 Å². The van der Waals surface area contributed by atoms with Gasteiger partial charge in [-0.05, 0) is 61.1 Å². The molecule has 0 radical (unpaired) electrons. The Labute approximate surface area is 182 Å². The van der Waals surface area contributed by atoms with Crippen LogP contribution in [0, 0.1) is 0 Å². The molecule has 1 saturated heterocycles. The molecule has 0 atom stereocenters. The molecule has 2 aromatic carbocycles. The van der Waals surface area contributed by atoms with Gasteiger partial charge in [0.2, 0.25) is 10.0 Å². The highest BCUT2D eigenvalue weighted by Gasteiger charge is 2.28. The number of hydrogen-bond donors (Lipinski definition) is 1. The number of rotatable bonds is 6. The smallest absolute Gasteiger partial charge is 0.257 e. The molecule has 1 heterocycles. The van der Waals surface area contributed by atoms with Gasteiger partial charge in [-0.3, -0.25) is 4.79 Å². The third kappa shape index (κ3) is 4.45. The number of aryl methyl sites for hydroxylation is 1. The first kappa shape index (κ1) is 22.1. The number of hydrogen-bond acceptors (Lipinski definition) is 3. The molecular weight excluding hydrogens is 431 g/mol. The maximum atomic E-state index is 13.0. The molecule has 2 aromatic rings. The highest BCUT2D eigenvalue weighted by molar-refractivity contribution is 7.89. The van der Waals surface area contributed by atoms with Crippen LogP contribution in [0.15, 0.2) is 35.2 Å². The number of nitrogens with one attached hydrogen (secondary N) is 1. The van der Waals surface area contributed by atoms with Crippen molar-refractivity contribution in [2.75, 3.05) is 18.4 Å². The van der Waals surface area contributed by atoms with Gasteiger partial charge in [-0.25, -0.2) is 8.42 Å². The second-order valence-electron chi connectivity index (χ2n) is 6.97. The molecule has 0 unspecified atom stereocenters. The van der Waals surface area contributed by atoms with Crippen molar-refractivity contribution in [3.05, 3.63) is 57.1 Å². The molecule has 1 fully saturated rings. The molecule has 8 heteroatoms. The topological polar surface area (TPSA) is 66.5 Å². The second kappa shape index (κ2) is 9.04. The number of carbonyl (C=O) groups excluding carboxylic acids is 1. The van der Waals surface area contributed by atoms with Gasteiger partial charge in [0.1, 0.15) is 0 Å². The number of nitrogens with zero attached hydrogens (tertiary/aromatic N) is 1. The maximum Gasteiger partial charge on any atom is 0.257 e. The summed E-state index contributed by atoms with van der Waals surface area (Å²) in [4.78, 5) is 13.1. The molecule has 0 bridgehead atoms. The van der Waals surface area contributed by atoms with Crippen molar-refractivity contribution >= 4 is 44.8 Å². The SMILES string of the molecule is CCc1ccc(Cl)c(CC)c1NC(=O)c1cc(S(=O)(=O)N2CCCC2)ccc1Cl. The van der Waals surface area contributed by atoms with Crippen molar-refractivity contribution in [1.82, 2.24) is 4.31 Å². The lowest BCUT2D eigenvalue weighted by Crippen LogP contribution is -2.28. The van der Waals surface area contributed by atoms with Crippen LogP contribution in [0.4, 0.5) is 5.69 Å². The third-order valence-electron chi connectivity index (χ3n) is 5.20. The van der Waals surface area contributed by atoms with E-state index in [1.165, 1.54) is 22.5 Å². The largest absolute Gasteiger partial charge is 0.321 e. The summed E-state index contributed by atoms with van der Waals surface area (Å²) in [7, 11) is -3.64. The fraction of sp³-hybridized carbons (Fsp3) is 0.381. The fourth-order valence-electron chi connectivity index (χ4n) is 3.56. The van der Waals surface area contributed by atoms with Crippen LogP contribution in [0.2, 0.25) is 10.0 Å². The zero-order chi connectivity index (χ0) is 21.2. The van der Waals surface area contributed by atoms with Crippen molar-refractivity contribution in [3.8, 4) is 0 Å². The summed E-state index contributed by atoms with van der Waals surface area (Å²) in [5.74, 6) is -0.458. The van der Waals surface area contributed by atoms with E-state index in [0.717, 1.165) is 30.4 Å². The summed E-state index contributed by atoms with van der Waals surface area (Å²) in [6, 6.07) is 7.96. The van der Waals surface area contributed by atoms with Crippen LogP contribution in [0.5, 0.6) is 0 Å². The van der Waals surface area contributed by atoms with Gasteiger partial charge in [0, 0.05) is 23.8 Å². The minimum absolute atomic E-state index is 0.0754. The van der Waals surface area contributed by atoms with Gasteiger partial charge in [0.25, 0.3) is 5.91 Å². The summed E-state index contributed by atoms with van der Waals surface area (Å²) in [6.45, 7) is 4.95. The molecule has 3 rings (SSSR count). The molecule has 0 spiro atoms. The zero-order valence-corrected chi connectivity index (χ0v) is 18.8. The average Bonchev–Trinajstić information content (AvgIpc) is 3.24. The van der Waals surface area contributed by atoms with E-state index in [-0.39, 0.29) is 15.5 Å². The van der Waals surface area contributed by atoms with Crippen LogP contribution < -0.4 is 5.32 Å². The number of carbonyl (C=O) groups is 1. The first-order chi connectivity index (χ1) is 13.8. The Bertz CT molecular complexity index is 1030. The Morgan fingerprint density at radius 1 is 1.03 bits per heavy atom. The van der Waals surface area contributed by atoms with Crippen LogP contribution in [0.25, 0.3) is 0 Å². The van der Waals surface area contributed by atoms with Gasteiger partial charge in [0.15, 0.2) is 0 Å². The van der Waals surface area contributed by atoms with E-state index in [1.54, 1.807) is 0 Å². The van der Waals surface area contributed by atoms with Crippen molar-refractivity contribution in [2.24, 2.45) is 0 Å². The van der Waals surface area contributed by atoms with E-state index in [4.69, 9.17) is 23.2 Å². The predicted molar refractivity (Wildman–Crippen MR) is 118 cm³/mol. The molecule has 0 saturated carbocycles. The molecule has 1 aliphatic heterocycles. The number of anilines is 1. The van der Waals surface area contributed by atoms with Gasteiger partial charge in [-0.15, -0.1) is 0 Å². The van der Waals surface area contributed by atoms with Crippen molar-refractivity contribution < 1.29 is 13.2 Å². The summed E-state index contributed by atoms with van der Waals surface area (Å²) < 4.78 is 27.2. The number of amides is 1. The van der Waals surface area contributed by atoms with Crippen molar-refractivity contribution in [2.45, 2.75) is 44.4 Å². The second-order valence-corrected chi connectivity index (χ2v) is 9.73. The molecule has 1 amide bonds. The van der Waals surface area contributed by atoms with Gasteiger partial charge >= 0.3 is 0 Å². The molecule has 1 N–H and O–H groups in total.